The zero-order valence-corrected chi connectivity index (χ0v) is 13.4. The van der Waals surface area contributed by atoms with Crippen molar-refractivity contribution in [1.82, 2.24) is 0 Å². The molecule has 0 amide bonds. The SMILES string of the molecule is CC(=O)O[C@H]1C[C@@]2(C)[C@H]3C[C@@H]1C(C)(C)[C@@]2(O)CC[C@@H]3C. The highest BCUT2D eigenvalue weighted by Gasteiger charge is 2.72. The minimum absolute atomic E-state index is 0.0191. The highest BCUT2D eigenvalue weighted by Crippen LogP contribution is 2.71. The average molecular weight is 280 g/mol. The monoisotopic (exact) mass is 280 g/mol. The van der Waals surface area contributed by atoms with Gasteiger partial charge in [0, 0.05) is 23.7 Å². The van der Waals surface area contributed by atoms with Crippen molar-refractivity contribution < 1.29 is 14.6 Å². The van der Waals surface area contributed by atoms with Gasteiger partial charge >= 0.3 is 5.97 Å². The van der Waals surface area contributed by atoms with Gasteiger partial charge in [0.25, 0.3) is 0 Å². The summed E-state index contributed by atoms with van der Waals surface area (Å²) in [4.78, 5) is 11.4. The molecule has 114 valence electrons. The van der Waals surface area contributed by atoms with E-state index in [4.69, 9.17) is 4.74 Å². The van der Waals surface area contributed by atoms with Crippen LogP contribution in [-0.2, 0) is 9.53 Å². The van der Waals surface area contributed by atoms with E-state index in [1.54, 1.807) is 0 Å². The van der Waals surface area contributed by atoms with Crippen LogP contribution >= 0.6 is 0 Å². The van der Waals surface area contributed by atoms with Gasteiger partial charge in [0.2, 0.25) is 0 Å². The summed E-state index contributed by atoms with van der Waals surface area (Å²) in [6.07, 6.45) is 3.90. The van der Waals surface area contributed by atoms with E-state index in [-0.39, 0.29) is 28.8 Å². The molecule has 3 heteroatoms. The van der Waals surface area contributed by atoms with E-state index in [0.717, 1.165) is 25.7 Å². The van der Waals surface area contributed by atoms with Crippen molar-refractivity contribution in [2.45, 2.75) is 72.0 Å². The minimum atomic E-state index is -0.614. The van der Waals surface area contributed by atoms with Crippen molar-refractivity contribution in [3.05, 3.63) is 0 Å². The van der Waals surface area contributed by atoms with E-state index < -0.39 is 5.60 Å². The van der Waals surface area contributed by atoms with Gasteiger partial charge in [-0.05, 0) is 37.5 Å². The molecular weight excluding hydrogens is 252 g/mol. The summed E-state index contributed by atoms with van der Waals surface area (Å²) < 4.78 is 5.62. The molecule has 3 nitrogen and oxygen atoms in total. The highest BCUT2D eigenvalue weighted by molar-refractivity contribution is 5.66. The predicted molar refractivity (Wildman–Crippen MR) is 77.0 cm³/mol. The number of hydrogen-bond acceptors (Lipinski definition) is 3. The second-order valence-corrected chi connectivity index (χ2v) is 8.32. The Bertz CT molecular complexity index is 444. The van der Waals surface area contributed by atoms with Crippen LogP contribution in [0.5, 0.6) is 0 Å². The quantitative estimate of drug-likeness (QED) is 0.751. The van der Waals surface area contributed by atoms with Crippen molar-refractivity contribution in [3.8, 4) is 0 Å². The number of ether oxygens (including phenoxy) is 1. The van der Waals surface area contributed by atoms with Crippen molar-refractivity contribution >= 4 is 5.97 Å². The zero-order valence-electron chi connectivity index (χ0n) is 13.4. The van der Waals surface area contributed by atoms with Gasteiger partial charge in [-0.1, -0.05) is 27.7 Å². The maximum atomic E-state index is 11.5. The Balaban J connectivity index is 2.05. The van der Waals surface area contributed by atoms with Crippen LogP contribution in [0.1, 0.15) is 60.3 Å². The second-order valence-electron chi connectivity index (χ2n) is 8.32. The predicted octanol–water partition coefficient (Wildman–Crippen LogP) is 3.15. The lowest BCUT2D eigenvalue weighted by Gasteiger charge is -2.72. The molecule has 0 saturated heterocycles. The van der Waals surface area contributed by atoms with Crippen LogP contribution in [0.3, 0.4) is 0 Å². The number of rotatable bonds is 1. The largest absolute Gasteiger partial charge is 0.462 e. The van der Waals surface area contributed by atoms with Crippen LogP contribution in [0.15, 0.2) is 0 Å². The lowest BCUT2D eigenvalue weighted by Crippen LogP contribution is -2.74. The number of aliphatic hydroxyl groups is 1. The second kappa shape index (κ2) is 4.00. The zero-order chi connectivity index (χ0) is 14.9. The molecule has 0 unspecified atom stereocenters. The number of carbonyl (C=O) groups is 1. The Labute approximate surface area is 122 Å². The Kier molecular flexibility index (Phi) is 2.87. The fourth-order valence-electron chi connectivity index (χ4n) is 6.12. The Morgan fingerprint density at radius 2 is 1.90 bits per heavy atom. The molecule has 0 spiro atoms. The molecular formula is C17H28O3. The molecule has 0 aromatic rings. The van der Waals surface area contributed by atoms with Crippen molar-refractivity contribution in [1.29, 1.82) is 0 Å². The average Bonchev–Trinajstić information content (AvgIpc) is 2.31. The molecule has 0 aromatic carbocycles. The van der Waals surface area contributed by atoms with Crippen LogP contribution in [0.25, 0.3) is 0 Å². The summed E-state index contributed by atoms with van der Waals surface area (Å²) in [5.74, 6) is 1.32. The maximum Gasteiger partial charge on any atom is 0.302 e. The molecule has 0 aliphatic heterocycles. The van der Waals surface area contributed by atoms with E-state index in [9.17, 15) is 9.90 Å². The van der Waals surface area contributed by atoms with Gasteiger partial charge in [-0.2, -0.15) is 0 Å². The lowest BCUT2D eigenvalue weighted by molar-refractivity contribution is -0.316. The van der Waals surface area contributed by atoms with E-state index in [2.05, 4.69) is 27.7 Å². The fourth-order valence-corrected chi connectivity index (χ4v) is 6.12. The summed E-state index contributed by atoms with van der Waals surface area (Å²) in [5.41, 5.74) is -0.920. The first-order chi connectivity index (χ1) is 9.13. The highest BCUT2D eigenvalue weighted by atomic mass is 16.5. The molecule has 6 atom stereocenters. The molecule has 20 heavy (non-hydrogen) atoms. The smallest absolute Gasteiger partial charge is 0.302 e. The van der Waals surface area contributed by atoms with Crippen molar-refractivity contribution in [2.75, 3.05) is 0 Å². The first kappa shape index (κ1) is 14.4. The van der Waals surface area contributed by atoms with E-state index >= 15 is 0 Å². The fraction of sp³-hybridized carbons (Fsp3) is 0.941. The third-order valence-electron chi connectivity index (χ3n) is 7.30. The normalized spacial score (nSPS) is 52.7. The number of carbonyl (C=O) groups excluding carboxylic acids is 1. The summed E-state index contributed by atoms with van der Waals surface area (Å²) in [6, 6.07) is 0. The van der Waals surface area contributed by atoms with E-state index in [1.165, 1.54) is 6.92 Å². The topological polar surface area (TPSA) is 46.5 Å². The summed E-state index contributed by atoms with van der Waals surface area (Å²) in [7, 11) is 0. The van der Waals surface area contributed by atoms with Gasteiger partial charge in [0.05, 0.1) is 5.60 Å². The standard InChI is InChI=1S/C17H28O3/c1-10-6-7-17(19)15(3,4)13-8-12(10)16(17,5)9-14(13)20-11(2)18/h10,12-14,19H,6-9H2,1-5H3/t10-,12-,13-,14-,16-,17-/m0/s1. The van der Waals surface area contributed by atoms with Crippen LogP contribution < -0.4 is 0 Å². The molecule has 4 fully saturated rings. The Morgan fingerprint density at radius 1 is 1.25 bits per heavy atom. The molecule has 4 bridgehead atoms. The summed E-state index contributed by atoms with van der Waals surface area (Å²) in [5, 5.41) is 11.5. The van der Waals surface area contributed by atoms with Gasteiger partial charge in [0.1, 0.15) is 6.10 Å². The van der Waals surface area contributed by atoms with Crippen molar-refractivity contribution in [2.24, 2.45) is 28.6 Å². The van der Waals surface area contributed by atoms with Crippen LogP contribution in [0.2, 0.25) is 0 Å². The van der Waals surface area contributed by atoms with Crippen LogP contribution in [0, 0.1) is 28.6 Å². The Morgan fingerprint density at radius 3 is 2.50 bits per heavy atom. The summed E-state index contributed by atoms with van der Waals surface area (Å²) >= 11 is 0. The molecule has 0 heterocycles. The molecule has 0 radical (unpaired) electrons. The van der Waals surface area contributed by atoms with E-state index in [1.807, 2.05) is 0 Å². The number of fused-ring (bicyclic) bond motifs is 1. The molecule has 4 saturated carbocycles. The maximum absolute atomic E-state index is 11.5. The van der Waals surface area contributed by atoms with Gasteiger partial charge in [-0.25, -0.2) is 0 Å². The minimum Gasteiger partial charge on any atom is -0.462 e. The van der Waals surface area contributed by atoms with Gasteiger partial charge < -0.3 is 9.84 Å². The Hall–Kier alpha value is -0.570. The van der Waals surface area contributed by atoms with E-state index in [0.29, 0.717) is 11.8 Å². The van der Waals surface area contributed by atoms with Gasteiger partial charge in [-0.15, -0.1) is 0 Å². The number of hydrogen-bond donors (Lipinski definition) is 1. The van der Waals surface area contributed by atoms with Crippen LogP contribution in [-0.4, -0.2) is 22.8 Å². The molecule has 4 rings (SSSR count). The number of esters is 1. The van der Waals surface area contributed by atoms with Gasteiger partial charge in [0.15, 0.2) is 0 Å². The van der Waals surface area contributed by atoms with Gasteiger partial charge in [-0.3, -0.25) is 4.79 Å². The first-order valence-electron chi connectivity index (χ1n) is 8.03. The molecule has 4 aliphatic rings. The first-order valence-corrected chi connectivity index (χ1v) is 8.03. The van der Waals surface area contributed by atoms with Crippen molar-refractivity contribution in [3.63, 3.8) is 0 Å². The third-order valence-corrected chi connectivity index (χ3v) is 7.30. The molecule has 1 N–H and O–H groups in total. The molecule has 0 aromatic heterocycles. The third kappa shape index (κ3) is 1.48. The lowest BCUT2D eigenvalue weighted by atomic mass is 9.35. The van der Waals surface area contributed by atoms with Crippen LogP contribution in [0.4, 0.5) is 0 Å². The summed E-state index contributed by atoms with van der Waals surface area (Å²) in [6.45, 7) is 10.4. The molecule has 4 aliphatic carbocycles.